The van der Waals surface area contributed by atoms with Crippen LogP contribution in [0.5, 0.6) is 11.5 Å². The minimum Gasteiger partial charge on any atom is -0.490 e. The first kappa shape index (κ1) is 26.2. The molecule has 0 bridgehead atoms. The summed E-state index contributed by atoms with van der Waals surface area (Å²) in [6, 6.07) is 8.19. The Morgan fingerprint density at radius 1 is 0.500 bits per heavy atom. The molecule has 4 nitrogen and oxygen atoms in total. The Kier molecular flexibility index (Phi) is 14.3. The van der Waals surface area contributed by atoms with Crippen LogP contribution in [0.4, 0.5) is 0 Å². The second-order valence-electron chi connectivity index (χ2n) is 8.78. The van der Waals surface area contributed by atoms with Gasteiger partial charge in [-0.2, -0.15) is 0 Å². The molecule has 2 aromatic rings. The SMILES string of the molecule is CCCCCCCC[n+]1ccc(OCCOc2cc[n+](CCCCCCCC)cc2)cc1. The molecule has 0 atom stereocenters. The fraction of sp³-hybridized carbons (Fsp3) is 0.643. The molecule has 0 saturated carbocycles. The highest BCUT2D eigenvalue weighted by atomic mass is 16.5. The second-order valence-corrected chi connectivity index (χ2v) is 8.78. The van der Waals surface area contributed by atoms with E-state index in [1.165, 1.54) is 77.0 Å². The lowest BCUT2D eigenvalue weighted by molar-refractivity contribution is -0.697. The lowest BCUT2D eigenvalue weighted by Crippen LogP contribution is -2.32. The van der Waals surface area contributed by atoms with Gasteiger partial charge in [0, 0.05) is 37.1 Å². The molecule has 32 heavy (non-hydrogen) atoms. The highest BCUT2D eigenvalue weighted by Crippen LogP contribution is 2.10. The number of hydrogen-bond acceptors (Lipinski definition) is 2. The first-order chi connectivity index (χ1) is 15.8. The molecule has 0 fully saturated rings. The van der Waals surface area contributed by atoms with Gasteiger partial charge in [-0.15, -0.1) is 0 Å². The van der Waals surface area contributed by atoms with Crippen molar-refractivity contribution in [2.45, 2.75) is 104 Å². The Morgan fingerprint density at radius 2 is 0.844 bits per heavy atom. The zero-order valence-corrected chi connectivity index (χ0v) is 20.6. The summed E-state index contributed by atoms with van der Waals surface area (Å²) in [5.41, 5.74) is 0. The summed E-state index contributed by atoms with van der Waals surface area (Å²) < 4.78 is 16.1. The van der Waals surface area contributed by atoms with Crippen molar-refractivity contribution in [3.63, 3.8) is 0 Å². The summed E-state index contributed by atoms with van der Waals surface area (Å²) in [4.78, 5) is 0. The van der Waals surface area contributed by atoms with Gasteiger partial charge in [0.15, 0.2) is 24.8 Å². The monoisotopic (exact) mass is 442 g/mol. The maximum Gasteiger partial charge on any atom is 0.172 e. The van der Waals surface area contributed by atoms with Crippen LogP contribution >= 0.6 is 0 Å². The van der Waals surface area contributed by atoms with E-state index in [1.54, 1.807) is 0 Å². The molecule has 4 heteroatoms. The van der Waals surface area contributed by atoms with E-state index in [0.717, 1.165) is 24.6 Å². The summed E-state index contributed by atoms with van der Waals surface area (Å²) in [6.07, 6.45) is 24.4. The normalized spacial score (nSPS) is 10.9. The number of rotatable bonds is 19. The van der Waals surface area contributed by atoms with Gasteiger partial charge in [-0.3, -0.25) is 0 Å². The van der Waals surface area contributed by atoms with Crippen LogP contribution in [0.15, 0.2) is 49.1 Å². The fourth-order valence-electron chi connectivity index (χ4n) is 3.85. The van der Waals surface area contributed by atoms with Crippen LogP contribution in [0.25, 0.3) is 0 Å². The van der Waals surface area contributed by atoms with E-state index in [9.17, 15) is 0 Å². The summed E-state index contributed by atoms with van der Waals surface area (Å²) in [5, 5.41) is 0. The van der Waals surface area contributed by atoms with E-state index in [0.29, 0.717) is 13.2 Å². The van der Waals surface area contributed by atoms with E-state index in [-0.39, 0.29) is 0 Å². The highest BCUT2D eigenvalue weighted by Gasteiger charge is 2.04. The van der Waals surface area contributed by atoms with Crippen LogP contribution in [0, 0.1) is 0 Å². The van der Waals surface area contributed by atoms with Gasteiger partial charge in [0.05, 0.1) is 0 Å². The molecule has 0 amide bonds. The van der Waals surface area contributed by atoms with Crippen molar-refractivity contribution in [1.82, 2.24) is 0 Å². The molecule has 2 rings (SSSR count). The number of hydrogen-bond donors (Lipinski definition) is 0. The standard InChI is InChI=1S/C28H46N2O2/c1-3-5-7-9-11-13-19-29-21-15-27(16-22-29)31-25-26-32-28-17-23-30(24-18-28)20-14-12-10-8-6-4-2/h15-18,21-24H,3-14,19-20,25-26H2,1-2H3/q+2. The Hall–Kier alpha value is -2.10. The van der Waals surface area contributed by atoms with Gasteiger partial charge in [-0.1, -0.05) is 65.2 Å². The molecule has 0 radical (unpaired) electrons. The molecule has 0 unspecified atom stereocenters. The predicted molar refractivity (Wildman–Crippen MR) is 131 cm³/mol. The van der Waals surface area contributed by atoms with Gasteiger partial charge in [0.25, 0.3) is 0 Å². The molecule has 2 heterocycles. The summed E-state index contributed by atoms with van der Waals surface area (Å²) in [5.74, 6) is 1.80. The number of nitrogens with zero attached hydrogens (tertiary/aromatic N) is 2. The molecule has 0 aliphatic heterocycles. The minimum absolute atomic E-state index is 0.550. The van der Waals surface area contributed by atoms with Gasteiger partial charge < -0.3 is 9.47 Å². The predicted octanol–water partition coefficient (Wildman–Crippen LogP) is 6.44. The number of pyridine rings is 2. The topological polar surface area (TPSA) is 26.2 Å². The third-order valence-corrected chi connectivity index (χ3v) is 5.88. The van der Waals surface area contributed by atoms with Crippen LogP contribution in [0.3, 0.4) is 0 Å². The molecule has 0 aliphatic rings. The zero-order chi connectivity index (χ0) is 22.7. The van der Waals surface area contributed by atoms with E-state index in [4.69, 9.17) is 9.47 Å². The van der Waals surface area contributed by atoms with Crippen molar-refractivity contribution in [3.05, 3.63) is 49.1 Å². The molecule has 178 valence electrons. The fourth-order valence-corrected chi connectivity index (χ4v) is 3.85. The van der Waals surface area contributed by atoms with Crippen LogP contribution < -0.4 is 18.6 Å². The number of ether oxygens (including phenoxy) is 2. The van der Waals surface area contributed by atoms with Crippen molar-refractivity contribution >= 4 is 0 Å². The van der Waals surface area contributed by atoms with Crippen molar-refractivity contribution in [2.24, 2.45) is 0 Å². The van der Waals surface area contributed by atoms with Crippen LogP contribution in [-0.2, 0) is 13.1 Å². The van der Waals surface area contributed by atoms with E-state index >= 15 is 0 Å². The molecular weight excluding hydrogens is 396 g/mol. The number of unbranched alkanes of at least 4 members (excludes halogenated alkanes) is 10. The van der Waals surface area contributed by atoms with Gasteiger partial charge in [0.1, 0.15) is 37.8 Å². The largest absolute Gasteiger partial charge is 0.490 e. The zero-order valence-electron chi connectivity index (χ0n) is 20.6. The van der Waals surface area contributed by atoms with E-state index in [2.05, 4.69) is 47.8 Å². The lowest BCUT2D eigenvalue weighted by atomic mass is 10.1. The number of aromatic nitrogens is 2. The number of aryl methyl sites for hydroxylation is 2. The average Bonchev–Trinajstić information content (AvgIpc) is 2.83. The second kappa shape index (κ2) is 17.5. The molecule has 0 spiro atoms. The smallest absolute Gasteiger partial charge is 0.172 e. The van der Waals surface area contributed by atoms with Crippen LogP contribution in [0.1, 0.15) is 90.9 Å². The average molecular weight is 443 g/mol. The van der Waals surface area contributed by atoms with Gasteiger partial charge in [-0.05, 0) is 12.8 Å². The minimum atomic E-state index is 0.550. The molecule has 0 aliphatic carbocycles. The van der Waals surface area contributed by atoms with Crippen molar-refractivity contribution in [1.29, 1.82) is 0 Å². The Bertz CT molecular complexity index is 624. The molecular formula is C28H46N2O2+2. The Balaban J connectivity index is 1.54. The van der Waals surface area contributed by atoms with Crippen molar-refractivity contribution < 1.29 is 18.6 Å². The van der Waals surface area contributed by atoms with Crippen LogP contribution in [0.2, 0.25) is 0 Å². The molecule has 0 aromatic carbocycles. The Labute approximate surface area is 196 Å². The maximum atomic E-state index is 5.83. The van der Waals surface area contributed by atoms with Crippen molar-refractivity contribution in [3.8, 4) is 11.5 Å². The van der Waals surface area contributed by atoms with Gasteiger partial charge in [-0.25, -0.2) is 9.13 Å². The Morgan fingerprint density at radius 3 is 1.22 bits per heavy atom. The summed E-state index contributed by atoms with van der Waals surface area (Å²) in [6.45, 7) is 7.80. The lowest BCUT2D eigenvalue weighted by Gasteiger charge is -2.07. The summed E-state index contributed by atoms with van der Waals surface area (Å²) in [7, 11) is 0. The third kappa shape index (κ3) is 12.1. The van der Waals surface area contributed by atoms with Crippen molar-refractivity contribution in [2.75, 3.05) is 13.2 Å². The van der Waals surface area contributed by atoms with Gasteiger partial charge >= 0.3 is 0 Å². The summed E-state index contributed by atoms with van der Waals surface area (Å²) >= 11 is 0. The first-order valence-corrected chi connectivity index (χ1v) is 13.1. The first-order valence-electron chi connectivity index (χ1n) is 13.1. The maximum absolute atomic E-state index is 5.83. The van der Waals surface area contributed by atoms with Crippen LogP contribution in [-0.4, -0.2) is 13.2 Å². The van der Waals surface area contributed by atoms with Gasteiger partial charge in [0.2, 0.25) is 0 Å². The van der Waals surface area contributed by atoms with E-state index < -0.39 is 0 Å². The molecule has 0 N–H and O–H groups in total. The highest BCUT2D eigenvalue weighted by molar-refractivity contribution is 5.16. The van der Waals surface area contributed by atoms with E-state index in [1.807, 2.05) is 24.3 Å². The molecule has 0 saturated heterocycles. The molecule has 2 aromatic heterocycles. The third-order valence-electron chi connectivity index (χ3n) is 5.88. The quantitative estimate of drug-likeness (QED) is 0.185.